The van der Waals surface area contributed by atoms with Crippen molar-refractivity contribution >= 4 is 5.91 Å². The van der Waals surface area contributed by atoms with E-state index in [2.05, 4.69) is 0 Å². The Morgan fingerprint density at radius 2 is 1.95 bits per heavy atom. The highest BCUT2D eigenvalue weighted by Gasteiger charge is 2.22. The molecule has 0 aromatic carbocycles. The van der Waals surface area contributed by atoms with Gasteiger partial charge in [-0.05, 0) is 39.2 Å². The number of piperidine rings is 1. The first-order valence-electron chi connectivity index (χ1n) is 7.95. The zero-order chi connectivity index (χ0) is 14.6. The lowest BCUT2D eigenvalue weighted by Crippen LogP contribution is -2.41. The topological polar surface area (TPSA) is 64.8 Å². The third kappa shape index (κ3) is 7.22. The SMILES string of the molecule is CCOCCOC1CCN(C(=O)CCCCCN)CC1. The molecule has 1 aliphatic heterocycles. The Morgan fingerprint density at radius 1 is 1.20 bits per heavy atom. The summed E-state index contributed by atoms with van der Waals surface area (Å²) in [6, 6.07) is 0. The zero-order valence-electron chi connectivity index (χ0n) is 12.8. The van der Waals surface area contributed by atoms with Crippen molar-refractivity contribution in [1.82, 2.24) is 4.90 Å². The fourth-order valence-electron chi connectivity index (χ4n) is 2.45. The maximum absolute atomic E-state index is 12.0. The first kappa shape index (κ1) is 17.4. The van der Waals surface area contributed by atoms with Crippen LogP contribution in [0.2, 0.25) is 0 Å². The molecular weight excluding hydrogens is 256 g/mol. The van der Waals surface area contributed by atoms with Crippen LogP contribution in [0.1, 0.15) is 45.4 Å². The van der Waals surface area contributed by atoms with Gasteiger partial charge in [-0.3, -0.25) is 4.79 Å². The maximum atomic E-state index is 12.0. The zero-order valence-corrected chi connectivity index (χ0v) is 12.8. The summed E-state index contributed by atoms with van der Waals surface area (Å²) in [5.41, 5.74) is 5.44. The van der Waals surface area contributed by atoms with Crippen molar-refractivity contribution in [2.75, 3.05) is 39.5 Å². The van der Waals surface area contributed by atoms with Crippen molar-refractivity contribution < 1.29 is 14.3 Å². The van der Waals surface area contributed by atoms with Crippen LogP contribution >= 0.6 is 0 Å². The molecule has 1 aliphatic rings. The van der Waals surface area contributed by atoms with Crippen molar-refractivity contribution in [3.05, 3.63) is 0 Å². The monoisotopic (exact) mass is 286 g/mol. The number of unbranched alkanes of at least 4 members (excludes halogenated alkanes) is 2. The highest BCUT2D eigenvalue weighted by atomic mass is 16.5. The van der Waals surface area contributed by atoms with Gasteiger partial charge in [-0.1, -0.05) is 6.42 Å². The van der Waals surface area contributed by atoms with Gasteiger partial charge in [-0.15, -0.1) is 0 Å². The molecule has 20 heavy (non-hydrogen) atoms. The van der Waals surface area contributed by atoms with Gasteiger partial charge in [0.1, 0.15) is 0 Å². The molecule has 118 valence electrons. The molecule has 2 N–H and O–H groups in total. The lowest BCUT2D eigenvalue weighted by atomic mass is 10.1. The first-order valence-corrected chi connectivity index (χ1v) is 7.95. The summed E-state index contributed by atoms with van der Waals surface area (Å²) in [6.45, 7) is 6.42. The number of carbonyl (C=O) groups is 1. The second-order valence-corrected chi connectivity index (χ2v) is 5.25. The average Bonchev–Trinajstić information content (AvgIpc) is 2.48. The fraction of sp³-hybridized carbons (Fsp3) is 0.933. The molecule has 1 amide bonds. The Labute approximate surface area is 122 Å². The van der Waals surface area contributed by atoms with Gasteiger partial charge in [0.15, 0.2) is 0 Å². The number of hydrogen-bond acceptors (Lipinski definition) is 4. The number of likely N-dealkylation sites (tertiary alicyclic amines) is 1. The van der Waals surface area contributed by atoms with E-state index >= 15 is 0 Å². The molecule has 5 heteroatoms. The van der Waals surface area contributed by atoms with Gasteiger partial charge in [0.2, 0.25) is 5.91 Å². The van der Waals surface area contributed by atoms with E-state index < -0.39 is 0 Å². The minimum atomic E-state index is 0.287. The third-order valence-electron chi connectivity index (χ3n) is 3.67. The van der Waals surface area contributed by atoms with E-state index in [1.807, 2.05) is 11.8 Å². The van der Waals surface area contributed by atoms with E-state index in [-0.39, 0.29) is 12.0 Å². The van der Waals surface area contributed by atoms with Gasteiger partial charge in [-0.25, -0.2) is 0 Å². The number of nitrogens with zero attached hydrogens (tertiary/aromatic N) is 1. The van der Waals surface area contributed by atoms with Crippen molar-refractivity contribution in [3.63, 3.8) is 0 Å². The number of rotatable bonds is 10. The molecule has 1 rings (SSSR count). The summed E-state index contributed by atoms with van der Waals surface area (Å²) >= 11 is 0. The van der Waals surface area contributed by atoms with Crippen LogP contribution in [0.4, 0.5) is 0 Å². The van der Waals surface area contributed by atoms with E-state index in [0.29, 0.717) is 19.6 Å². The van der Waals surface area contributed by atoms with Crippen LogP contribution in [0.3, 0.4) is 0 Å². The van der Waals surface area contributed by atoms with Gasteiger partial charge < -0.3 is 20.1 Å². The molecule has 0 aliphatic carbocycles. The second-order valence-electron chi connectivity index (χ2n) is 5.25. The summed E-state index contributed by atoms with van der Waals surface area (Å²) in [5.74, 6) is 0.287. The largest absolute Gasteiger partial charge is 0.379 e. The highest BCUT2D eigenvalue weighted by Crippen LogP contribution is 2.15. The van der Waals surface area contributed by atoms with Crippen LogP contribution in [0, 0.1) is 0 Å². The predicted molar refractivity (Wildman–Crippen MR) is 79.6 cm³/mol. The molecule has 0 bridgehead atoms. The average molecular weight is 286 g/mol. The van der Waals surface area contributed by atoms with Gasteiger partial charge in [0.05, 0.1) is 19.3 Å². The van der Waals surface area contributed by atoms with Crippen molar-refractivity contribution in [1.29, 1.82) is 0 Å². The minimum absolute atomic E-state index is 0.287. The summed E-state index contributed by atoms with van der Waals surface area (Å²) in [4.78, 5) is 14.0. The first-order chi connectivity index (χ1) is 9.77. The van der Waals surface area contributed by atoms with Gasteiger partial charge in [0, 0.05) is 26.1 Å². The van der Waals surface area contributed by atoms with Gasteiger partial charge >= 0.3 is 0 Å². The van der Waals surface area contributed by atoms with Crippen LogP contribution in [0.15, 0.2) is 0 Å². The predicted octanol–water partition coefficient (Wildman–Crippen LogP) is 1.55. The lowest BCUT2D eigenvalue weighted by molar-refractivity contribution is -0.134. The molecule has 0 atom stereocenters. The van der Waals surface area contributed by atoms with Crippen molar-refractivity contribution in [2.45, 2.75) is 51.6 Å². The summed E-state index contributed by atoms with van der Waals surface area (Å²) in [6.07, 6.45) is 5.87. The van der Waals surface area contributed by atoms with Crippen LogP contribution in [0.25, 0.3) is 0 Å². The lowest BCUT2D eigenvalue weighted by Gasteiger charge is -2.32. The second kappa shape index (κ2) is 11.1. The number of ether oxygens (including phenoxy) is 2. The normalized spacial score (nSPS) is 16.6. The molecule has 0 spiro atoms. The number of amides is 1. The van der Waals surface area contributed by atoms with Gasteiger partial charge in [-0.2, -0.15) is 0 Å². The number of nitrogens with two attached hydrogens (primary N) is 1. The van der Waals surface area contributed by atoms with E-state index in [9.17, 15) is 4.79 Å². The smallest absolute Gasteiger partial charge is 0.222 e. The molecule has 0 aromatic heterocycles. The minimum Gasteiger partial charge on any atom is -0.379 e. The molecule has 0 radical (unpaired) electrons. The summed E-state index contributed by atoms with van der Waals surface area (Å²) in [5, 5.41) is 0. The Morgan fingerprint density at radius 3 is 2.60 bits per heavy atom. The molecule has 1 fully saturated rings. The Hall–Kier alpha value is -0.650. The van der Waals surface area contributed by atoms with Crippen LogP contribution < -0.4 is 5.73 Å². The van der Waals surface area contributed by atoms with E-state index in [1.165, 1.54) is 0 Å². The molecule has 0 unspecified atom stereocenters. The van der Waals surface area contributed by atoms with Crippen molar-refractivity contribution in [3.8, 4) is 0 Å². The molecule has 1 saturated heterocycles. The summed E-state index contributed by atoms with van der Waals surface area (Å²) < 4.78 is 11.0. The highest BCUT2D eigenvalue weighted by molar-refractivity contribution is 5.76. The van der Waals surface area contributed by atoms with Crippen molar-refractivity contribution in [2.24, 2.45) is 5.73 Å². The summed E-state index contributed by atoms with van der Waals surface area (Å²) in [7, 11) is 0. The van der Waals surface area contributed by atoms with E-state index in [0.717, 1.165) is 58.3 Å². The molecule has 5 nitrogen and oxygen atoms in total. The number of carbonyl (C=O) groups excluding carboxylic acids is 1. The third-order valence-corrected chi connectivity index (χ3v) is 3.67. The Bertz CT molecular complexity index is 254. The van der Waals surface area contributed by atoms with E-state index in [1.54, 1.807) is 0 Å². The van der Waals surface area contributed by atoms with Crippen LogP contribution in [-0.2, 0) is 14.3 Å². The molecule has 0 saturated carbocycles. The fourth-order valence-corrected chi connectivity index (χ4v) is 2.45. The quantitative estimate of drug-likeness (QED) is 0.619. The van der Waals surface area contributed by atoms with Crippen LogP contribution in [0.5, 0.6) is 0 Å². The molecule has 1 heterocycles. The van der Waals surface area contributed by atoms with Crippen LogP contribution in [-0.4, -0.2) is 56.4 Å². The molecule has 0 aromatic rings. The number of hydrogen-bond donors (Lipinski definition) is 1. The molecular formula is C15H30N2O3. The Balaban J connectivity index is 2.07. The van der Waals surface area contributed by atoms with Gasteiger partial charge in [0.25, 0.3) is 0 Å². The Kier molecular flexibility index (Phi) is 9.62. The maximum Gasteiger partial charge on any atom is 0.222 e. The van der Waals surface area contributed by atoms with E-state index in [4.69, 9.17) is 15.2 Å². The standard InChI is InChI=1S/C15H30N2O3/c1-2-19-12-13-20-14-7-10-17(11-8-14)15(18)6-4-3-5-9-16/h14H,2-13,16H2,1H3.